The highest BCUT2D eigenvalue weighted by Crippen LogP contribution is 2.36. The molecule has 1 N–H and O–H groups in total. The Hall–Kier alpha value is -4.46. The van der Waals surface area contributed by atoms with Crippen LogP contribution in [-0.2, 0) is 16.1 Å². The van der Waals surface area contributed by atoms with E-state index in [1.54, 1.807) is 31.3 Å². The van der Waals surface area contributed by atoms with E-state index in [-0.39, 0.29) is 24.2 Å². The molecule has 0 radical (unpaired) electrons. The fourth-order valence-electron chi connectivity index (χ4n) is 5.41. The summed E-state index contributed by atoms with van der Waals surface area (Å²) in [5, 5.41) is 10.1. The molecule has 0 saturated heterocycles. The fraction of sp³-hybridized carbons (Fsp3) is 0.371. The Kier molecular flexibility index (Phi) is 8.67. The largest absolute Gasteiger partial charge is 0.508 e. The molecule has 1 aliphatic carbocycles. The van der Waals surface area contributed by atoms with Crippen LogP contribution in [0.15, 0.2) is 72.3 Å². The first-order chi connectivity index (χ1) is 20.5. The molecule has 3 aromatic rings. The molecule has 2 aliphatic rings. The van der Waals surface area contributed by atoms with Crippen LogP contribution in [0.2, 0.25) is 0 Å². The van der Waals surface area contributed by atoms with Crippen LogP contribution in [0.3, 0.4) is 0 Å². The number of hydrogen-bond donors (Lipinski definition) is 1. The predicted molar refractivity (Wildman–Crippen MR) is 166 cm³/mol. The zero-order valence-electron chi connectivity index (χ0n) is 25.6. The number of carbonyl (C=O) groups is 2. The number of phenolic OH excluding ortho intramolecular Hbond substituents is 1. The van der Waals surface area contributed by atoms with E-state index in [4.69, 9.17) is 14.2 Å². The van der Waals surface area contributed by atoms with Crippen molar-refractivity contribution in [1.82, 2.24) is 9.80 Å². The maximum absolute atomic E-state index is 14.5. The third kappa shape index (κ3) is 7.31. The number of phenols is 1. The first kappa shape index (κ1) is 30.0. The van der Waals surface area contributed by atoms with Crippen molar-refractivity contribution >= 4 is 17.6 Å². The minimum Gasteiger partial charge on any atom is -0.508 e. The molecule has 1 fully saturated rings. The first-order valence-corrected chi connectivity index (χ1v) is 14.7. The SMILES string of the molecule is COc1cc(CN(C(=O)C2=C(c3cccc(-c4cccc(O)c4)c3)CCN(C(=O)OC(C)(C)C)C2)C2CC2)cc(OC)c1. The Labute approximate surface area is 253 Å². The third-order valence-corrected chi connectivity index (χ3v) is 7.66. The highest BCUT2D eigenvalue weighted by atomic mass is 16.6. The standard InChI is InChI=1S/C35H40N2O6/c1-35(2,3)43-34(40)36-15-14-31(26-10-6-8-24(18-26)25-9-7-11-28(38)19-25)32(22-36)33(39)37(27-12-13-27)21-23-16-29(41-4)20-30(17-23)42-5/h6-11,16-20,27,38H,12-15,21-22H2,1-5H3. The Bertz CT molecular complexity index is 1510. The highest BCUT2D eigenvalue weighted by Gasteiger charge is 2.38. The zero-order chi connectivity index (χ0) is 30.7. The van der Waals surface area contributed by atoms with Crippen LogP contribution < -0.4 is 9.47 Å². The lowest BCUT2D eigenvalue weighted by molar-refractivity contribution is -0.128. The highest BCUT2D eigenvalue weighted by molar-refractivity contribution is 6.03. The van der Waals surface area contributed by atoms with E-state index < -0.39 is 11.7 Å². The van der Waals surface area contributed by atoms with Crippen molar-refractivity contribution in [1.29, 1.82) is 0 Å². The smallest absolute Gasteiger partial charge is 0.410 e. The van der Waals surface area contributed by atoms with Crippen molar-refractivity contribution in [3.05, 3.63) is 83.4 Å². The summed E-state index contributed by atoms with van der Waals surface area (Å²) in [5.74, 6) is 1.43. The average Bonchev–Trinajstić information content (AvgIpc) is 3.84. The Balaban J connectivity index is 1.54. The summed E-state index contributed by atoms with van der Waals surface area (Å²) in [6, 6.07) is 20.9. The monoisotopic (exact) mass is 584 g/mol. The molecule has 0 atom stereocenters. The van der Waals surface area contributed by atoms with Crippen LogP contribution in [0.1, 0.15) is 51.2 Å². The van der Waals surface area contributed by atoms with Gasteiger partial charge in [-0.15, -0.1) is 0 Å². The van der Waals surface area contributed by atoms with Crippen molar-refractivity contribution < 1.29 is 28.9 Å². The lowest BCUT2D eigenvalue weighted by Gasteiger charge is -2.34. The number of methoxy groups -OCH3 is 2. The molecule has 43 heavy (non-hydrogen) atoms. The molecule has 0 unspecified atom stereocenters. The lowest BCUT2D eigenvalue weighted by atomic mass is 9.90. The molecular weight excluding hydrogens is 544 g/mol. The van der Waals surface area contributed by atoms with Gasteiger partial charge in [0.05, 0.1) is 20.8 Å². The molecule has 0 bridgehead atoms. The Morgan fingerprint density at radius 2 is 1.53 bits per heavy atom. The summed E-state index contributed by atoms with van der Waals surface area (Å²) in [4.78, 5) is 31.2. The van der Waals surface area contributed by atoms with Crippen molar-refractivity contribution in [3.63, 3.8) is 0 Å². The van der Waals surface area contributed by atoms with Crippen molar-refractivity contribution in [2.45, 2.75) is 58.2 Å². The minimum atomic E-state index is -0.647. The molecule has 1 saturated carbocycles. The number of ether oxygens (including phenoxy) is 3. The van der Waals surface area contributed by atoms with Crippen molar-refractivity contribution in [2.75, 3.05) is 27.3 Å². The summed E-state index contributed by atoms with van der Waals surface area (Å²) < 4.78 is 16.6. The summed E-state index contributed by atoms with van der Waals surface area (Å²) in [5.41, 5.74) is 4.51. The molecule has 5 rings (SSSR count). The second kappa shape index (κ2) is 12.4. The summed E-state index contributed by atoms with van der Waals surface area (Å²) in [6.45, 7) is 6.51. The van der Waals surface area contributed by atoms with Gasteiger partial charge in [-0.1, -0.05) is 30.3 Å². The van der Waals surface area contributed by atoms with Gasteiger partial charge in [0.1, 0.15) is 22.8 Å². The molecule has 8 heteroatoms. The number of rotatable bonds is 8. The van der Waals surface area contributed by atoms with Gasteiger partial charge in [-0.05, 0) is 98.2 Å². The van der Waals surface area contributed by atoms with Crippen LogP contribution >= 0.6 is 0 Å². The average molecular weight is 585 g/mol. The second-order valence-electron chi connectivity index (χ2n) is 12.1. The molecular formula is C35H40N2O6. The number of nitrogens with zero attached hydrogens (tertiary/aromatic N) is 2. The summed E-state index contributed by atoms with van der Waals surface area (Å²) in [6.07, 6.45) is 1.94. The van der Waals surface area contributed by atoms with Crippen molar-refractivity contribution in [2.24, 2.45) is 0 Å². The van der Waals surface area contributed by atoms with Crippen LogP contribution in [0.5, 0.6) is 17.2 Å². The number of hydrogen-bond acceptors (Lipinski definition) is 6. The van der Waals surface area contributed by atoms with Gasteiger partial charge in [-0.25, -0.2) is 4.79 Å². The van der Waals surface area contributed by atoms with Gasteiger partial charge in [0.2, 0.25) is 0 Å². The quantitative estimate of drug-likeness (QED) is 0.319. The van der Waals surface area contributed by atoms with Gasteiger partial charge in [0.15, 0.2) is 0 Å². The number of benzene rings is 3. The maximum atomic E-state index is 14.5. The Morgan fingerprint density at radius 3 is 2.14 bits per heavy atom. The van der Waals surface area contributed by atoms with E-state index in [0.717, 1.165) is 40.7 Å². The van der Waals surface area contributed by atoms with E-state index in [2.05, 4.69) is 6.07 Å². The molecule has 1 heterocycles. The summed E-state index contributed by atoms with van der Waals surface area (Å²) in [7, 11) is 3.22. The van der Waals surface area contributed by atoms with Crippen molar-refractivity contribution in [3.8, 4) is 28.4 Å². The number of amides is 2. The van der Waals surface area contributed by atoms with Crippen LogP contribution in [0, 0.1) is 0 Å². The number of aromatic hydroxyl groups is 1. The van der Waals surface area contributed by atoms with Crippen LogP contribution in [0.4, 0.5) is 4.79 Å². The Morgan fingerprint density at radius 1 is 0.907 bits per heavy atom. The minimum absolute atomic E-state index is 0.0877. The van der Waals surface area contributed by atoms with Gasteiger partial charge in [0.25, 0.3) is 5.91 Å². The topological polar surface area (TPSA) is 88.5 Å². The molecule has 2 amide bonds. The third-order valence-electron chi connectivity index (χ3n) is 7.66. The normalized spacial score (nSPS) is 15.2. The number of carbonyl (C=O) groups excluding carboxylic acids is 2. The van der Waals surface area contributed by atoms with Crippen LogP contribution in [0.25, 0.3) is 16.7 Å². The molecule has 0 aromatic heterocycles. The molecule has 1 aliphatic heterocycles. The van der Waals surface area contributed by atoms with Gasteiger partial charge in [-0.2, -0.15) is 0 Å². The fourth-order valence-corrected chi connectivity index (χ4v) is 5.41. The predicted octanol–water partition coefficient (Wildman–Crippen LogP) is 6.66. The van der Waals surface area contributed by atoms with Gasteiger partial charge in [0, 0.05) is 30.8 Å². The van der Waals surface area contributed by atoms with E-state index >= 15 is 0 Å². The molecule has 226 valence electrons. The van der Waals surface area contributed by atoms with Gasteiger partial charge < -0.3 is 29.1 Å². The molecule has 8 nitrogen and oxygen atoms in total. The second-order valence-corrected chi connectivity index (χ2v) is 12.1. The summed E-state index contributed by atoms with van der Waals surface area (Å²) >= 11 is 0. The van der Waals surface area contributed by atoms with E-state index in [1.165, 1.54) is 0 Å². The maximum Gasteiger partial charge on any atom is 0.410 e. The molecule has 3 aromatic carbocycles. The zero-order valence-corrected chi connectivity index (χ0v) is 25.6. The van der Waals surface area contributed by atoms with Gasteiger partial charge >= 0.3 is 6.09 Å². The first-order valence-electron chi connectivity index (χ1n) is 14.7. The molecule has 0 spiro atoms. The van der Waals surface area contributed by atoms with E-state index in [1.807, 2.05) is 74.2 Å². The lowest BCUT2D eigenvalue weighted by Crippen LogP contribution is -2.44. The van der Waals surface area contributed by atoms with E-state index in [9.17, 15) is 14.7 Å². The van der Waals surface area contributed by atoms with E-state index in [0.29, 0.717) is 36.6 Å². The van der Waals surface area contributed by atoms with Gasteiger partial charge in [-0.3, -0.25) is 4.79 Å². The van der Waals surface area contributed by atoms with Crippen LogP contribution in [-0.4, -0.2) is 65.9 Å².